The van der Waals surface area contributed by atoms with Crippen molar-refractivity contribution in [3.63, 3.8) is 0 Å². The quantitative estimate of drug-likeness (QED) is 0.803. The van der Waals surface area contributed by atoms with Gasteiger partial charge < -0.3 is 14.7 Å². The number of hydrogen-bond acceptors (Lipinski definition) is 6. The van der Waals surface area contributed by atoms with E-state index in [4.69, 9.17) is 9.66 Å². The maximum atomic E-state index is 12.2. The predicted octanol–water partition coefficient (Wildman–Crippen LogP) is 0.341. The molecule has 0 aliphatic carbocycles. The molecule has 3 rings (SSSR count). The Morgan fingerprint density at radius 1 is 1.28 bits per heavy atom. The number of sulfonamides is 1. The number of primary sulfonamides is 1. The van der Waals surface area contributed by atoms with E-state index in [2.05, 4.69) is 10.5 Å². The van der Waals surface area contributed by atoms with Crippen LogP contribution >= 0.6 is 0 Å². The van der Waals surface area contributed by atoms with Crippen molar-refractivity contribution in [1.29, 1.82) is 0 Å². The molecular weight excluding hydrogens is 348 g/mol. The molecule has 3 N–H and O–H groups in total. The Balaban J connectivity index is 1.55. The summed E-state index contributed by atoms with van der Waals surface area (Å²) in [6.45, 7) is 2.26. The van der Waals surface area contributed by atoms with Crippen molar-refractivity contribution in [2.75, 3.05) is 18.4 Å². The van der Waals surface area contributed by atoms with Gasteiger partial charge in [0.05, 0.1) is 10.8 Å². The molecule has 1 aliphatic rings. The Labute approximate surface area is 143 Å². The second-order valence-corrected chi connectivity index (χ2v) is 7.35. The monoisotopic (exact) mass is 364 g/mol. The van der Waals surface area contributed by atoms with E-state index in [9.17, 15) is 18.0 Å². The molecule has 2 aromatic rings. The maximum absolute atomic E-state index is 12.2. The van der Waals surface area contributed by atoms with Gasteiger partial charge in [0.25, 0.3) is 5.91 Å². The molecule has 132 valence electrons. The summed E-state index contributed by atoms with van der Waals surface area (Å²) < 4.78 is 27.2. The van der Waals surface area contributed by atoms with Gasteiger partial charge >= 0.3 is 0 Å². The lowest BCUT2D eigenvalue weighted by Gasteiger charge is -2.37. The van der Waals surface area contributed by atoms with Crippen LogP contribution in [0.2, 0.25) is 0 Å². The van der Waals surface area contributed by atoms with Gasteiger partial charge in [0, 0.05) is 24.8 Å². The molecule has 0 spiro atoms. The molecule has 0 atom stereocenters. The lowest BCUT2D eigenvalue weighted by molar-refractivity contribution is -0.123. The summed E-state index contributed by atoms with van der Waals surface area (Å²) in [5, 5.41) is 11.4. The standard InChI is InChI=1S/C15H16N4O5S/c1-9-6-13(18-24-9)15(21)19-7-10(8-19)14(20)17-11-2-4-12(5-3-11)25(16,22)23/h2-6,10H,7-8H2,1H3,(H,17,20)(H2,16,22,23). The number of benzene rings is 1. The third kappa shape index (κ3) is 3.69. The largest absolute Gasteiger partial charge is 0.361 e. The zero-order valence-electron chi connectivity index (χ0n) is 13.3. The summed E-state index contributed by atoms with van der Waals surface area (Å²) in [7, 11) is -3.77. The van der Waals surface area contributed by atoms with Gasteiger partial charge in [-0.05, 0) is 31.2 Å². The highest BCUT2D eigenvalue weighted by molar-refractivity contribution is 7.89. The fraction of sp³-hybridized carbons (Fsp3) is 0.267. The van der Waals surface area contributed by atoms with E-state index in [0.29, 0.717) is 11.4 Å². The number of nitrogens with zero attached hydrogens (tertiary/aromatic N) is 2. The first-order valence-electron chi connectivity index (χ1n) is 7.40. The normalized spacial score (nSPS) is 14.9. The topological polar surface area (TPSA) is 136 Å². The van der Waals surface area contributed by atoms with Crippen LogP contribution in [0, 0.1) is 12.8 Å². The number of aryl methyl sites for hydroxylation is 1. The number of hydrogen-bond donors (Lipinski definition) is 2. The second kappa shape index (κ2) is 6.30. The molecule has 1 aromatic carbocycles. The lowest BCUT2D eigenvalue weighted by Crippen LogP contribution is -2.54. The molecule has 2 amide bonds. The summed E-state index contributed by atoms with van der Waals surface area (Å²) in [4.78, 5) is 25.7. The van der Waals surface area contributed by atoms with Gasteiger partial charge in [-0.15, -0.1) is 0 Å². The Morgan fingerprint density at radius 2 is 1.92 bits per heavy atom. The molecule has 0 radical (unpaired) electrons. The summed E-state index contributed by atoms with van der Waals surface area (Å²) in [5.74, 6) is -0.321. The highest BCUT2D eigenvalue weighted by Crippen LogP contribution is 2.21. The second-order valence-electron chi connectivity index (χ2n) is 5.79. The molecule has 25 heavy (non-hydrogen) atoms. The summed E-state index contributed by atoms with van der Waals surface area (Å²) in [6, 6.07) is 7.08. The number of anilines is 1. The molecule has 0 saturated carbocycles. The van der Waals surface area contributed by atoms with E-state index in [0.717, 1.165) is 0 Å². The molecule has 1 fully saturated rings. The average Bonchev–Trinajstić information content (AvgIpc) is 2.92. The molecule has 1 saturated heterocycles. The van der Waals surface area contributed by atoms with Gasteiger partial charge in [-0.3, -0.25) is 9.59 Å². The van der Waals surface area contributed by atoms with E-state index in [1.54, 1.807) is 13.0 Å². The first-order chi connectivity index (χ1) is 11.7. The van der Waals surface area contributed by atoms with Crippen molar-refractivity contribution < 1.29 is 22.5 Å². The number of nitrogens with two attached hydrogens (primary N) is 1. The van der Waals surface area contributed by atoms with Crippen LogP contribution in [0.1, 0.15) is 16.2 Å². The number of rotatable bonds is 4. The van der Waals surface area contributed by atoms with Gasteiger partial charge in [-0.25, -0.2) is 13.6 Å². The van der Waals surface area contributed by atoms with Crippen molar-refractivity contribution in [1.82, 2.24) is 10.1 Å². The molecular formula is C15H16N4O5S. The predicted molar refractivity (Wildman–Crippen MR) is 87.1 cm³/mol. The van der Waals surface area contributed by atoms with Gasteiger partial charge in [-0.1, -0.05) is 5.16 Å². The number of carbonyl (C=O) groups is 2. The molecule has 2 heterocycles. The highest BCUT2D eigenvalue weighted by Gasteiger charge is 2.37. The van der Waals surface area contributed by atoms with Crippen LogP contribution in [0.5, 0.6) is 0 Å². The molecule has 0 bridgehead atoms. The van der Waals surface area contributed by atoms with Crippen LogP contribution < -0.4 is 10.5 Å². The van der Waals surface area contributed by atoms with Crippen molar-refractivity contribution >= 4 is 27.5 Å². The minimum atomic E-state index is -3.77. The van der Waals surface area contributed by atoms with E-state index >= 15 is 0 Å². The zero-order chi connectivity index (χ0) is 18.2. The lowest BCUT2D eigenvalue weighted by atomic mass is 9.98. The van der Waals surface area contributed by atoms with Crippen LogP contribution in [-0.4, -0.2) is 43.4 Å². The van der Waals surface area contributed by atoms with Gasteiger partial charge in [0.1, 0.15) is 5.76 Å². The van der Waals surface area contributed by atoms with E-state index in [1.165, 1.54) is 29.2 Å². The van der Waals surface area contributed by atoms with Crippen LogP contribution in [0.3, 0.4) is 0 Å². The van der Waals surface area contributed by atoms with Crippen LogP contribution in [0.25, 0.3) is 0 Å². The van der Waals surface area contributed by atoms with Crippen LogP contribution in [-0.2, 0) is 14.8 Å². The molecule has 0 unspecified atom stereocenters. The summed E-state index contributed by atoms with van der Waals surface area (Å²) >= 11 is 0. The maximum Gasteiger partial charge on any atom is 0.276 e. The molecule has 1 aliphatic heterocycles. The Kier molecular flexibility index (Phi) is 4.31. The molecule has 9 nitrogen and oxygen atoms in total. The molecule has 10 heteroatoms. The number of likely N-dealkylation sites (tertiary alicyclic amines) is 1. The van der Waals surface area contributed by atoms with Gasteiger partial charge in [0.2, 0.25) is 15.9 Å². The minimum absolute atomic E-state index is 0.0335. The van der Waals surface area contributed by atoms with Crippen LogP contribution in [0.15, 0.2) is 39.8 Å². The number of carbonyl (C=O) groups excluding carboxylic acids is 2. The van der Waals surface area contributed by atoms with Crippen molar-refractivity contribution in [2.24, 2.45) is 11.1 Å². The van der Waals surface area contributed by atoms with E-state index in [1.807, 2.05) is 0 Å². The number of nitrogens with one attached hydrogen (secondary N) is 1. The van der Waals surface area contributed by atoms with E-state index < -0.39 is 10.0 Å². The SMILES string of the molecule is Cc1cc(C(=O)N2CC(C(=O)Nc3ccc(S(N)(=O)=O)cc3)C2)no1. The third-order valence-corrected chi connectivity index (χ3v) is 4.77. The third-order valence-electron chi connectivity index (χ3n) is 3.84. The minimum Gasteiger partial charge on any atom is -0.361 e. The first-order valence-corrected chi connectivity index (χ1v) is 8.95. The summed E-state index contributed by atoms with van der Waals surface area (Å²) in [5.41, 5.74) is 0.671. The van der Waals surface area contributed by atoms with Gasteiger partial charge in [0.15, 0.2) is 5.69 Å². The Morgan fingerprint density at radius 3 is 2.44 bits per heavy atom. The van der Waals surface area contributed by atoms with Crippen LogP contribution in [0.4, 0.5) is 5.69 Å². The fourth-order valence-electron chi connectivity index (χ4n) is 2.41. The Hall–Kier alpha value is -2.72. The molecule has 1 aromatic heterocycles. The zero-order valence-corrected chi connectivity index (χ0v) is 14.1. The van der Waals surface area contributed by atoms with E-state index in [-0.39, 0.29) is 41.4 Å². The number of amides is 2. The highest BCUT2D eigenvalue weighted by atomic mass is 32.2. The smallest absolute Gasteiger partial charge is 0.276 e. The number of aromatic nitrogens is 1. The van der Waals surface area contributed by atoms with Crippen molar-refractivity contribution in [2.45, 2.75) is 11.8 Å². The van der Waals surface area contributed by atoms with Crippen molar-refractivity contribution in [3.8, 4) is 0 Å². The fourth-order valence-corrected chi connectivity index (χ4v) is 2.93. The first kappa shape index (κ1) is 17.1. The Bertz CT molecular complexity index is 914. The average molecular weight is 364 g/mol. The van der Waals surface area contributed by atoms with Crippen molar-refractivity contribution in [3.05, 3.63) is 41.8 Å². The summed E-state index contributed by atoms with van der Waals surface area (Å²) in [6.07, 6.45) is 0. The van der Waals surface area contributed by atoms with Gasteiger partial charge in [-0.2, -0.15) is 0 Å².